The Morgan fingerprint density at radius 1 is 1.50 bits per heavy atom. The van der Waals surface area contributed by atoms with Gasteiger partial charge in [0.1, 0.15) is 5.78 Å². The van der Waals surface area contributed by atoms with E-state index in [1.54, 1.807) is 0 Å². The molecule has 0 bridgehead atoms. The van der Waals surface area contributed by atoms with Crippen molar-refractivity contribution in [1.29, 1.82) is 0 Å². The molecule has 1 atom stereocenters. The second-order valence-electron chi connectivity index (χ2n) is 3.79. The van der Waals surface area contributed by atoms with Crippen LogP contribution in [0.3, 0.4) is 0 Å². The summed E-state index contributed by atoms with van der Waals surface area (Å²) in [5.74, 6) is 0.404. The molecule has 2 aliphatic rings. The van der Waals surface area contributed by atoms with Crippen LogP contribution in [0.1, 0.15) is 19.3 Å². The zero-order valence-electron chi connectivity index (χ0n) is 7.27. The smallest absolute Gasteiger partial charge is 0.143 e. The molecule has 2 fully saturated rings. The Hall–Kier alpha value is -0.410. The lowest BCUT2D eigenvalue weighted by molar-refractivity contribution is -0.138. The van der Waals surface area contributed by atoms with Crippen LogP contribution < -0.4 is 5.32 Å². The maximum Gasteiger partial charge on any atom is 0.143 e. The van der Waals surface area contributed by atoms with E-state index in [1.165, 1.54) is 0 Å². The summed E-state index contributed by atoms with van der Waals surface area (Å²) in [6.07, 6.45) is 2.73. The number of piperidine rings is 1. The number of hydrogen-bond donors (Lipinski definition) is 1. The number of ether oxygens (including phenoxy) is 1. The second kappa shape index (κ2) is 3.15. The Labute approximate surface area is 72.5 Å². The predicted octanol–water partition coefficient (Wildman–Crippen LogP) is 0.346. The molecule has 2 saturated heterocycles. The van der Waals surface area contributed by atoms with Crippen molar-refractivity contribution >= 4 is 5.78 Å². The van der Waals surface area contributed by atoms with Crippen LogP contribution in [0.15, 0.2) is 0 Å². The number of Topliss-reactive ketones (excluding diaryl/α,β-unsaturated/α-hetero) is 1. The Morgan fingerprint density at radius 2 is 2.42 bits per heavy atom. The third-order valence-corrected chi connectivity index (χ3v) is 2.91. The number of rotatable bonds is 0. The molecular formula is C9H15NO2. The summed E-state index contributed by atoms with van der Waals surface area (Å²) in [7, 11) is 0. The van der Waals surface area contributed by atoms with Crippen molar-refractivity contribution in [3.8, 4) is 0 Å². The van der Waals surface area contributed by atoms with Gasteiger partial charge in [0.2, 0.25) is 0 Å². The summed E-state index contributed by atoms with van der Waals surface area (Å²) >= 11 is 0. The SMILES string of the molecule is O=C1CCNCC12CCCOC2. The maximum absolute atomic E-state index is 11.7. The lowest BCUT2D eigenvalue weighted by atomic mass is 9.75. The van der Waals surface area contributed by atoms with Crippen LogP contribution >= 0.6 is 0 Å². The molecule has 0 aromatic carbocycles. The van der Waals surface area contributed by atoms with Crippen molar-refractivity contribution in [2.24, 2.45) is 5.41 Å². The molecule has 2 heterocycles. The van der Waals surface area contributed by atoms with Crippen LogP contribution in [-0.4, -0.2) is 32.1 Å². The van der Waals surface area contributed by atoms with Crippen LogP contribution in [0.4, 0.5) is 0 Å². The fraction of sp³-hybridized carbons (Fsp3) is 0.889. The molecule has 0 saturated carbocycles. The maximum atomic E-state index is 11.7. The number of ketones is 1. The Kier molecular flexibility index (Phi) is 2.15. The molecule has 0 radical (unpaired) electrons. The minimum Gasteiger partial charge on any atom is -0.380 e. The van der Waals surface area contributed by atoms with Crippen LogP contribution in [0, 0.1) is 5.41 Å². The average Bonchev–Trinajstić information content (AvgIpc) is 2.12. The quantitative estimate of drug-likeness (QED) is 0.568. The summed E-state index contributed by atoms with van der Waals surface area (Å²) in [4.78, 5) is 11.7. The van der Waals surface area contributed by atoms with Gasteiger partial charge in [-0.15, -0.1) is 0 Å². The molecular weight excluding hydrogens is 154 g/mol. The summed E-state index contributed by atoms with van der Waals surface area (Å²) in [6.45, 7) is 3.14. The lowest BCUT2D eigenvalue weighted by Crippen LogP contribution is -2.51. The number of carbonyl (C=O) groups excluding carboxylic acids is 1. The molecule has 2 aliphatic heterocycles. The van der Waals surface area contributed by atoms with Gasteiger partial charge in [-0.25, -0.2) is 0 Å². The number of carbonyl (C=O) groups is 1. The summed E-state index contributed by atoms with van der Waals surface area (Å²) in [6, 6.07) is 0. The number of nitrogens with one attached hydrogen (secondary N) is 1. The van der Waals surface area contributed by atoms with Crippen molar-refractivity contribution in [3.05, 3.63) is 0 Å². The third kappa shape index (κ3) is 1.27. The van der Waals surface area contributed by atoms with Crippen molar-refractivity contribution in [3.63, 3.8) is 0 Å². The molecule has 0 amide bonds. The topological polar surface area (TPSA) is 38.3 Å². The van der Waals surface area contributed by atoms with E-state index >= 15 is 0 Å². The molecule has 1 unspecified atom stereocenters. The largest absolute Gasteiger partial charge is 0.380 e. The average molecular weight is 169 g/mol. The van der Waals surface area contributed by atoms with Gasteiger partial charge in [0.05, 0.1) is 12.0 Å². The standard InChI is InChI=1S/C9H15NO2/c11-8-2-4-10-6-9(8)3-1-5-12-7-9/h10H,1-7H2. The Bertz CT molecular complexity index is 177. The van der Waals surface area contributed by atoms with E-state index in [0.717, 1.165) is 32.5 Å². The van der Waals surface area contributed by atoms with Crippen molar-refractivity contribution in [1.82, 2.24) is 5.32 Å². The molecule has 12 heavy (non-hydrogen) atoms. The Balaban J connectivity index is 2.09. The van der Waals surface area contributed by atoms with E-state index in [-0.39, 0.29) is 5.41 Å². The normalized spacial score (nSPS) is 37.2. The van der Waals surface area contributed by atoms with Gasteiger partial charge in [0, 0.05) is 26.1 Å². The van der Waals surface area contributed by atoms with Gasteiger partial charge in [0.15, 0.2) is 0 Å². The highest BCUT2D eigenvalue weighted by atomic mass is 16.5. The van der Waals surface area contributed by atoms with E-state index in [2.05, 4.69) is 5.32 Å². The first-order valence-electron chi connectivity index (χ1n) is 4.65. The molecule has 3 heteroatoms. The van der Waals surface area contributed by atoms with E-state index in [0.29, 0.717) is 18.8 Å². The van der Waals surface area contributed by atoms with Crippen LogP contribution in [-0.2, 0) is 9.53 Å². The molecule has 0 aromatic heterocycles. The van der Waals surface area contributed by atoms with Crippen LogP contribution in [0.25, 0.3) is 0 Å². The minimum atomic E-state index is -0.156. The zero-order chi connectivity index (χ0) is 8.44. The lowest BCUT2D eigenvalue weighted by Gasteiger charge is -2.38. The van der Waals surface area contributed by atoms with Gasteiger partial charge in [-0.05, 0) is 12.8 Å². The predicted molar refractivity (Wildman–Crippen MR) is 45.0 cm³/mol. The number of hydrogen-bond acceptors (Lipinski definition) is 3. The zero-order valence-corrected chi connectivity index (χ0v) is 7.27. The Morgan fingerprint density at radius 3 is 3.08 bits per heavy atom. The molecule has 1 N–H and O–H groups in total. The molecule has 0 aromatic rings. The summed E-state index contributed by atoms with van der Waals surface area (Å²) < 4.78 is 5.37. The van der Waals surface area contributed by atoms with Gasteiger partial charge in [0.25, 0.3) is 0 Å². The highest BCUT2D eigenvalue weighted by molar-refractivity contribution is 5.86. The molecule has 68 valence electrons. The van der Waals surface area contributed by atoms with E-state index < -0.39 is 0 Å². The molecule has 1 spiro atoms. The molecule has 2 rings (SSSR count). The van der Waals surface area contributed by atoms with Crippen molar-refractivity contribution in [2.45, 2.75) is 19.3 Å². The summed E-state index contributed by atoms with van der Waals surface area (Å²) in [5.41, 5.74) is -0.156. The second-order valence-corrected chi connectivity index (χ2v) is 3.79. The third-order valence-electron chi connectivity index (χ3n) is 2.91. The fourth-order valence-electron chi connectivity index (χ4n) is 2.10. The molecule has 0 aliphatic carbocycles. The summed E-state index contributed by atoms with van der Waals surface area (Å²) in [5, 5.41) is 3.27. The van der Waals surface area contributed by atoms with Gasteiger partial charge >= 0.3 is 0 Å². The van der Waals surface area contributed by atoms with Gasteiger partial charge in [-0.2, -0.15) is 0 Å². The van der Waals surface area contributed by atoms with E-state index in [9.17, 15) is 4.79 Å². The highest BCUT2D eigenvalue weighted by Gasteiger charge is 2.41. The minimum absolute atomic E-state index is 0.156. The van der Waals surface area contributed by atoms with Crippen molar-refractivity contribution < 1.29 is 9.53 Å². The van der Waals surface area contributed by atoms with Gasteiger partial charge < -0.3 is 10.1 Å². The monoisotopic (exact) mass is 169 g/mol. The first-order chi connectivity index (χ1) is 5.83. The van der Waals surface area contributed by atoms with E-state index in [1.807, 2.05) is 0 Å². The molecule has 3 nitrogen and oxygen atoms in total. The highest BCUT2D eigenvalue weighted by Crippen LogP contribution is 2.31. The first-order valence-corrected chi connectivity index (χ1v) is 4.65. The van der Waals surface area contributed by atoms with Crippen molar-refractivity contribution in [2.75, 3.05) is 26.3 Å². The van der Waals surface area contributed by atoms with E-state index in [4.69, 9.17) is 4.74 Å². The first kappa shape index (κ1) is 8.20. The van der Waals surface area contributed by atoms with Crippen LogP contribution in [0.5, 0.6) is 0 Å². The fourth-order valence-corrected chi connectivity index (χ4v) is 2.10. The van der Waals surface area contributed by atoms with Gasteiger partial charge in [-0.3, -0.25) is 4.79 Å². The van der Waals surface area contributed by atoms with Gasteiger partial charge in [-0.1, -0.05) is 0 Å². The van der Waals surface area contributed by atoms with Crippen LogP contribution in [0.2, 0.25) is 0 Å².